The Balaban J connectivity index is 1.45. The minimum absolute atomic E-state index is 0.173. The Labute approximate surface area is 182 Å². The highest BCUT2D eigenvalue weighted by atomic mass is 16.5. The number of carbonyl (C=O) groups excluding carboxylic acids is 3. The molecule has 4 rings (SSSR count). The molecule has 1 aromatic heterocycles. The smallest absolute Gasteiger partial charge is 0.325 e. The third kappa shape index (κ3) is 3.84. The predicted molar refractivity (Wildman–Crippen MR) is 116 cm³/mol. The van der Waals surface area contributed by atoms with E-state index >= 15 is 0 Å². The third-order valence-electron chi connectivity index (χ3n) is 6.65. The molecule has 1 unspecified atom stereocenters. The molecule has 1 atom stereocenters. The summed E-state index contributed by atoms with van der Waals surface area (Å²) in [5.41, 5.74) is 2.71. The second kappa shape index (κ2) is 7.87. The van der Waals surface area contributed by atoms with Crippen LogP contribution in [0.3, 0.4) is 0 Å². The summed E-state index contributed by atoms with van der Waals surface area (Å²) < 4.78 is 7.31. The Morgan fingerprint density at radius 3 is 2.48 bits per heavy atom. The predicted octanol–water partition coefficient (Wildman–Crippen LogP) is 3.26. The zero-order valence-electron chi connectivity index (χ0n) is 18.5. The molecule has 1 aromatic carbocycles. The normalized spacial score (nSPS) is 20.8. The molecule has 2 heterocycles. The first-order valence-electron chi connectivity index (χ1n) is 10.7. The van der Waals surface area contributed by atoms with Crippen LogP contribution in [0.5, 0.6) is 5.75 Å². The summed E-state index contributed by atoms with van der Waals surface area (Å²) in [5.74, 6) is 0.490. The minimum Gasteiger partial charge on any atom is -0.497 e. The monoisotopic (exact) mass is 423 g/mol. The van der Waals surface area contributed by atoms with Crippen molar-refractivity contribution < 1.29 is 19.1 Å². The summed E-state index contributed by atoms with van der Waals surface area (Å²) >= 11 is 0. The molecule has 0 spiro atoms. The summed E-state index contributed by atoms with van der Waals surface area (Å²) in [4.78, 5) is 39.3. The highest BCUT2D eigenvalue weighted by Gasteiger charge is 2.56. The largest absolute Gasteiger partial charge is 0.497 e. The quantitative estimate of drug-likeness (QED) is 0.522. The summed E-state index contributed by atoms with van der Waals surface area (Å²) in [6.45, 7) is 6.15. The van der Waals surface area contributed by atoms with E-state index in [0.29, 0.717) is 5.56 Å². The second-order valence-corrected chi connectivity index (χ2v) is 8.76. The van der Waals surface area contributed by atoms with Gasteiger partial charge in [-0.05, 0) is 69.7 Å². The fourth-order valence-corrected chi connectivity index (χ4v) is 4.49. The van der Waals surface area contributed by atoms with Crippen LogP contribution in [0.4, 0.5) is 4.79 Å². The maximum Gasteiger partial charge on any atom is 0.325 e. The van der Waals surface area contributed by atoms with Crippen molar-refractivity contribution in [3.63, 3.8) is 0 Å². The minimum atomic E-state index is -0.868. The Bertz CT molecular complexity index is 1040. The molecule has 2 fully saturated rings. The number of methoxy groups -OCH3 is 1. The molecule has 7 heteroatoms. The number of aromatic nitrogens is 1. The standard InChI is InChI=1S/C24H29N3O4/c1-15-13-20(16(2)26(15)12-11-17-5-9-19(31-4)10-6-17)21(28)14-27-22(29)24(3,18-7-8-18)25-23(27)30/h5-6,9-10,13,18H,7-8,11-12,14H2,1-4H3,(H,25,30). The molecule has 1 aliphatic heterocycles. The van der Waals surface area contributed by atoms with Gasteiger partial charge in [-0.2, -0.15) is 0 Å². The van der Waals surface area contributed by atoms with E-state index in [1.54, 1.807) is 14.0 Å². The lowest BCUT2D eigenvalue weighted by Crippen LogP contribution is -2.46. The van der Waals surface area contributed by atoms with Crippen molar-refractivity contribution in [3.8, 4) is 5.75 Å². The van der Waals surface area contributed by atoms with E-state index in [0.717, 1.165) is 47.8 Å². The number of ether oxygens (including phenoxy) is 1. The van der Waals surface area contributed by atoms with Crippen LogP contribution in [0, 0.1) is 19.8 Å². The number of hydrogen-bond acceptors (Lipinski definition) is 4. The van der Waals surface area contributed by atoms with Crippen LogP contribution >= 0.6 is 0 Å². The average molecular weight is 424 g/mol. The SMILES string of the molecule is COc1ccc(CCn2c(C)cc(C(=O)CN3C(=O)NC(C)(C4CC4)C3=O)c2C)cc1. The maximum atomic E-state index is 13.0. The summed E-state index contributed by atoms with van der Waals surface area (Å²) in [6.07, 6.45) is 2.68. The zero-order chi connectivity index (χ0) is 22.3. The Morgan fingerprint density at radius 2 is 1.87 bits per heavy atom. The molecule has 1 aliphatic carbocycles. The Hall–Kier alpha value is -3.09. The molecular weight excluding hydrogens is 394 g/mol. The lowest BCUT2D eigenvalue weighted by Gasteiger charge is -2.20. The second-order valence-electron chi connectivity index (χ2n) is 8.76. The van der Waals surface area contributed by atoms with Crippen molar-refractivity contribution in [1.29, 1.82) is 0 Å². The van der Waals surface area contributed by atoms with Gasteiger partial charge in [-0.1, -0.05) is 12.1 Å². The number of hydrogen-bond donors (Lipinski definition) is 1. The van der Waals surface area contributed by atoms with E-state index in [1.807, 2.05) is 44.2 Å². The number of amides is 3. The van der Waals surface area contributed by atoms with E-state index in [-0.39, 0.29) is 24.2 Å². The lowest BCUT2D eigenvalue weighted by atomic mass is 9.96. The first-order valence-corrected chi connectivity index (χ1v) is 10.7. The number of rotatable bonds is 8. The summed E-state index contributed by atoms with van der Waals surface area (Å²) in [5, 5.41) is 2.80. The summed E-state index contributed by atoms with van der Waals surface area (Å²) in [7, 11) is 1.64. The van der Waals surface area contributed by atoms with Gasteiger partial charge in [0.1, 0.15) is 11.3 Å². The molecule has 31 heavy (non-hydrogen) atoms. The number of ketones is 1. The lowest BCUT2D eigenvalue weighted by molar-refractivity contribution is -0.131. The van der Waals surface area contributed by atoms with Crippen LogP contribution in [-0.4, -0.2) is 46.4 Å². The maximum absolute atomic E-state index is 13.0. The number of Topliss-reactive ketones (excluding diaryl/α,β-unsaturated/α-hetero) is 1. The molecule has 0 bridgehead atoms. The first-order chi connectivity index (χ1) is 14.7. The molecule has 2 aliphatic rings. The summed E-state index contributed by atoms with van der Waals surface area (Å²) in [6, 6.07) is 9.33. The molecule has 3 amide bonds. The van der Waals surface area contributed by atoms with E-state index in [4.69, 9.17) is 4.74 Å². The molecule has 164 valence electrons. The van der Waals surface area contributed by atoms with Crippen molar-refractivity contribution in [2.24, 2.45) is 5.92 Å². The van der Waals surface area contributed by atoms with Gasteiger partial charge in [-0.3, -0.25) is 14.5 Å². The van der Waals surface area contributed by atoms with Gasteiger partial charge in [0.25, 0.3) is 5.91 Å². The molecule has 7 nitrogen and oxygen atoms in total. The van der Waals surface area contributed by atoms with Gasteiger partial charge in [0, 0.05) is 23.5 Å². The van der Waals surface area contributed by atoms with Crippen LogP contribution in [-0.2, 0) is 17.8 Å². The molecule has 1 saturated carbocycles. The van der Waals surface area contributed by atoms with Gasteiger partial charge in [-0.15, -0.1) is 0 Å². The number of carbonyl (C=O) groups is 3. The van der Waals surface area contributed by atoms with Crippen molar-refractivity contribution in [2.45, 2.75) is 52.1 Å². The molecule has 0 radical (unpaired) electrons. The molecular formula is C24H29N3O4. The third-order valence-corrected chi connectivity index (χ3v) is 6.65. The fraction of sp³-hybridized carbons (Fsp3) is 0.458. The van der Waals surface area contributed by atoms with Gasteiger partial charge in [0.2, 0.25) is 0 Å². The Morgan fingerprint density at radius 1 is 1.19 bits per heavy atom. The van der Waals surface area contributed by atoms with Gasteiger partial charge in [0.15, 0.2) is 5.78 Å². The molecule has 1 saturated heterocycles. The Kier molecular flexibility index (Phi) is 5.37. The van der Waals surface area contributed by atoms with Crippen LogP contribution in [0.25, 0.3) is 0 Å². The van der Waals surface area contributed by atoms with E-state index in [2.05, 4.69) is 9.88 Å². The zero-order valence-corrected chi connectivity index (χ0v) is 18.5. The number of imide groups is 1. The van der Waals surface area contributed by atoms with Crippen molar-refractivity contribution >= 4 is 17.7 Å². The van der Waals surface area contributed by atoms with E-state index < -0.39 is 11.6 Å². The van der Waals surface area contributed by atoms with Gasteiger partial charge < -0.3 is 14.6 Å². The number of urea groups is 1. The number of nitrogens with zero attached hydrogens (tertiary/aromatic N) is 2. The van der Waals surface area contributed by atoms with E-state index in [9.17, 15) is 14.4 Å². The topological polar surface area (TPSA) is 80.6 Å². The number of aryl methyl sites for hydroxylation is 2. The van der Waals surface area contributed by atoms with Crippen LogP contribution in [0.1, 0.15) is 47.1 Å². The van der Waals surface area contributed by atoms with Gasteiger partial charge >= 0.3 is 6.03 Å². The van der Waals surface area contributed by atoms with Crippen molar-refractivity contribution in [3.05, 3.63) is 52.8 Å². The highest BCUT2D eigenvalue weighted by molar-refractivity contribution is 6.11. The van der Waals surface area contributed by atoms with E-state index in [1.165, 1.54) is 5.56 Å². The first kappa shape index (κ1) is 21.2. The van der Waals surface area contributed by atoms with Crippen LogP contribution < -0.4 is 10.1 Å². The van der Waals surface area contributed by atoms with Crippen molar-refractivity contribution in [2.75, 3.05) is 13.7 Å². The molecule has 2 aromatic rings. The fourth-order valence-electron chi connectivity index (χ4n) is 4.49. The number of nitrogens with one attached hydrogen (secondary N) is 1. The van der Waals surface area contributed by atoms with Crippen LogP contribution in [0.15, 0.2) is 30.3 Å². The molecule has 1 N–H and O–H groups in total. The van der Waals surface area contributed by atoms with Crippen LogP contribution in [0.2, 0.25) is 0 Å². The van der Waals surface area contributed by atoms with Gasteiger partial charge in [0.05, 0.1) is 13.7 Å². The highest BCUT2D eigenvalue weighted by Crippen LogP contribution is 2.42. The average Bonchev–Trinajstić information content (AvgIpc) is 3.53. The van der Waals surface area contributed by atoms with Gasteiger partial charge in [-0.25, -0.2) is 4.79 Å². The van der Waals surface area contributed by atoms with Crippen molar-refractivity contribution in [1.82, 2.24) is 14.8 Å². The number of benzene rings is 1.